The van der Waals surface area contributed by atoms with Gasteiger partial charge < -0.3 is 10.2 Å². The van der Waals surface area contributed by atoms with Gasteiger partial charge in [-0.3, -0.25) is 9.59 Å². The fourth-order valence-corrected chi connectivity index (χ4v) is 2.59. The lowest BCUT2D eigenvalue weighted by Crippen LogP contribution is -2.42. The average molecular weight is 300 g/mol. The molecule has 1 aromatic rings. The van der Waals surface area contributed by atoms with Crippen molar-refractivity contribution in [1.82, 2.24) is 5.32 Å². The highest BCUT2D eigenvalue weighted by Crippen LogP contribution is 2.35. The van der Waals surface area contributed by atoms with E-state index in [-0.39, 0.29) is 12.2 Å². The van der Waals surface area contributed by atoms with Crippen molar-refractivity contribution in [3.8, 4) is 0 Å². The van der Waals surface area contributed by atoms with Crippen LogP contribution in [0.1, 0.15) is 28.8 Å². The monoisotopic (exact) mass is 300 g/mol. The molecule has 4 nitrogen and oxygen atoms in total. The topological polar surface area (TPSA) is 49.4 Å². The van der Waals surface area contributed by atoms with Crippen molar-refractivity contribution in [1.29, 1.82) is 0 Å². The summed E-state index contributed by atoms with van der Waals surface area (Å²) < 4.78 is 38.9. The number of nitrogens with one attached hydrogen (secondary N) is 1. The maximum atomic E-state index is 13.0. The Labute approximate surface area is 119 Å². The molecule has 0 saturated carbocycles. The van der Waals surface area contributed by atoms with E-state index in [1.165, 1.54) is 13.1 Å². The van der Waals surface area contributed by atoms with Gasteiger partial charge in [-0.1, -0.05) is 0 Å². The number of alkyl halides is 3. The van der Waals surface area contributed by atoms with Crippen LogP contribution < -0.4 is 10.2 Å². The lowest BCUT2D eigenvalue weighted by atomic mass is 10.1. The highest BCUT2D eigenvalue weighted by molar-refractivity contribution is 5.86. The molecule has 1 amide bonds. The summed E-state index contributed by atoms with van der Waals surface area (Å²) in [5, 5.41) is 2.52. The smallest absolute Gasteiger partial charge is 0.360 e. The SMILES string of the molecule is CNC(=O)C1CCCN1c1ccc(C=O)c(C(F)(F)F)c1. The first-order valence-corrected chi connectivity index (χ1v) is 6.53. The molecule has 0 aliphatic carbocycles. The van der Waals surface area contributed by atoms with Gasteiger partial charge in [-0.2, -0.15) is 13.2 Å². The second-order valence-electron chi connectivity index (χ2n) is 4.85. The molecule has 2 rings (SSSR count). The largest absolute Gasteiger partial charge is 0.417 e. The van der Waals surface area contributed by atoms with Gasteiger partial charge in [0.15, 0.2) is 6.29 Å². The van der Waals surface area contributed by atoms with Crippen molar-refractivity contribution >= 4 is 17.9 Å². The van der Waals surface area contributed by atoms with Crippen LogP contribution in [0, 0.1) is 0 Å². The van der Waals surface area contributed by atoms with Crippen LogP contribution in [0.2, 0.25) is 0 Å². The van der Waals surface area contributed by atoms with E-state index in [4.69, 9.17) is 0 Å². The number of likely N-dealkylation sites (N-methyl/N-ethyl adjacent to an activating group) is 1. The second-order valence-corrected chi connectivity index (χ2v) is 4.85. The molecule has 0 spiro atoms. The summed E-state index contributed by atoms with van der Waals surface area (Å²) in [6.07, 6.45) is -3.09. The van der Waals surface area contributed by atoms with Crippen molar-refractivity contribution in [2.45, 2.75) is 25.1 Å². The lowest BCUT2D eigenvalue weighted by Gasteiger charge is -2.26. The van der Waals surface area contributed by atoms with Crippen LogP contribution in [0.4, 0.5) is 18.9 Å². The van der Waals surface area contributed by atoms with Gasteiger partial charge in [0.2, 0.25) is 5.91 Å². The van der Waals surface area contributed by atoms with Gasteiger partial charge >= 0.3 is 6.18 Å². The zero-order valence-electron chi connectivity index (χ0n) is 11.4. The van der Waals surface area contributed by atoms with E-state index < -0.39 is 23.3 Å². The molecular formula is C14H15F3N2O2. The molecule has 0 radical (unpaired) electrons. The van der Waals surface area contributed by atoms with Crippen molar-refractivity contribution in [3.63, 3.8) is 0 Å². The molecule has 21 heavy (non-hydrogen) atoms. The van der Waals surface area contributed by atoms with Crippen molar-refractivity contribution in [2.24, 2.45) is 0 Å². The fraction of sp³-hybridized carbons (Fsp3) is 0.429. The summed E-state index contributed by atoms with van der Waals surface area (Å²) in [6.45, 7) is 0.510. The molecule has 1 aliphatic rings. The number of hydrogen-bond donors (Lipinski definition) is 1. The average Bonchev–Trinajstić information content (AvgIpc) is 2.94. The third-order valence-electron chi connectivity index (χ3n) is 3.60. The minimum atomic E-state index is -4.60. The van der Waals surface area contributed by atoms with E-state index in [0.717, 1.165) is 18.6 Å². The number of anilines is 1. The quantitative estimate of drug-likeness (QED) is 0.871. The number of nitrogens with zero attached hydrogens (tertiary/aromatic N) is 1. The van der Waals surface area contributed by atoms with Crippen LogP contribution in [0.15, 0.2) is 18.2 Å². The number of carbonyl (C=O) groups is 2. The Morgan fingerprint density at radius 3 is 2.71 bits per heavy atom. The number of aldehydes is 1. The standard InChI is InChI=1S/C14H15F3N2O2/c1-18-13(21)12-3-2-6-19(12)10-5-4-9(8-20)11(7-10)14(15,16)17/h4-5,7-8,12H,2-3,6H2,1H3,(H,18,21). The van der Waals surface area contributed by atoms with Gasteiger partial charge in [0.25, 0.3) is 0 Å². The molecule has 1 fully saturated rings. The molecule has 1 aromatic carbocycles. The molecule has 114 valence electrons. The first-order chi connectivity index (χ1) is 9.88. The normalized spacial score (nSPS) is 18.7. The molecule has 1 heterocycles. The van der Waals surface area contributed by atoms with Gasteiger partial charge in [0, 0.05) is 24.8 Å². The summed E-state index contributed by atoms with van der Waals surface area (Å²) in [5.74, 6) is -0.222. The van der Waals surface area contributed by atoms with Crippen LogP contribution >= 0.6 is 0 Å². The summed E-state index contributed by atoms with van der Waals surface area (Å²) >= 11 is 0. The molecule has 1 atom stereocenters. The van der Waals surface area contributed by atoms with Crippen LogP contribution in [0.3, 0.4) is 0 Å². The number of hydrogen-bond acceptors (Lipinski definition) is 3. The van der Waals surface area contributed by atoms with E-state index in [1.54, 1.807) is 4.90 Å². The number of rotatable bonds is 3. The maximum Gasteiger partial charge on any atom is 0.417 e. The Hall–Kier alpha value is -2.05. The summed E-state index contributed by atoms with van der Waals surface area (Å²) in [6, 6.07) is 3.05. The third-order valence-corrected chi connectivity index (χ3v) is 3.60. The van der Waals surface area contributed by atoms with Crippen molar-refractivity contribution in [2.75, 3.05) is 18.5 Å². The predicted molar refractivity (Wildman–Crippen MR) is 71.3 cm³/mol. The van der Waals surface area contributed by atoms with E-state index in [0.29, 0.717) is 18.7 Å². The van der Waals surface area contributed by atoms with Crippen LogP contribution in [-0.2, 0) is 11.0 Å². The predicted octanol–water partition coefficient (Wildman–Crippen LogP) is 2.23. The van der Waals surface area contributed by atoms with E-state index in [2.05, 4.69) is 5.32 Å². The Morgan fingerprint density at radius 2 is 2.14 bits per heavy atom. The lowest BCUT2D eigenvalue weighted by molar-refractivity contribution is -0.137. The third kappa shape index (κ3) is 3.01. The van der Waals surface area contributed by atoms with E-state index in [1.807, 2.05) is 0 Å². The van der Waals surface area contributed by atoms with Gasteiger partial charge in [0.1, 0.15) is 6.04 Å². The molecular weight excluding hydrogens is 285 g/mol. The highest BCUT2D eigenvalue weighted by atomic mass is 19.4. The Kier molecular flexibility index (Phi) is 4.20. The summed E-state index contributed by atoms with van der Waals surface area (Å²) in [7, 11) is 1.50. The second kappa shape index (κ2) is 5.75. The molecule has 0 aromatic heterocycles. The molecule has 1 saturated heterocycles. The Balaban J connectivity index is 2.41. The molecule has 1 unspecified atom stereocenters. The van der Waals surface area contributed by atoms with Gasteiger partial charge in [-0.05, 0) is 31.0 Å². The molecule has 7 heteroatoms. The number of amides is 1. The first kappa shape index (κ1) is 15.3. The molecule has 0 bridgehead atoms. The number of benzene rings is 1. The van der Waals surface area contributed by atoms with Crippen molar-refractivity contribution < 1.29 is 22.8 Å². The van der Waals surface area contributed by atoms with E-state index in [9.17, 15) is 22.8 Å². The molecule has 1 N–H and O–H groups in total. The van der Waals surface area contributed by atoms with Crippen LogP contribution in [0.5, 0.6) is 0 Å². The van der Waals surface area contributed by atoms with Gasteiger partial charge in [0.05, 0.1) is 5.56 Å². The first-order valence-electron chi connectivity index (χ1n) is 6.53. The summed E-state index contributed by atoms with van der Waals surface area (Å²) in [5.41, 5.74) is -1.07. The highest BCUT2D eigenvalue weighted by Gasteiger charge is 2.36. The zero-order chi connectivity index (χ0) is 15.6. The molecule has 1 aliphatic heterocycles. The maximum absolute atomic E-state index is 13.0. The van der Waals surface area contributed by atoms with Crippen LogP contribution in [0.25, 0.3) is 0 Å². The fourth-order valence-electron chi connectivity index (χ4n) is 2.59. The number of halogens is 3. The minimum Gasteiger partial charge on any atom is -0.360 e. The number of carbonyl (C=O) groups excluding carboxylic acids is 2. The zero-order valence-corrected chi connectivity index (χ0v) is 11.4. The summed E-state index contributed by atoms with van der Waals surface area (Å²) in [4.78, 5) is 24.2. The van der Waals surface area contributed by atoms with Gasteiger partial charge in [-0.15, -0.1) is 0 Å². The van der Waals surface area contributed by atoms with Crippen molar-refractivity contribution in [3.05, 3.63) is 29.3 Å². The minimum absolute atomic E-state index is 0.187. The van der Waals surface area contributed by atoms with Crippen LogP contribution in [-0.4, -0.2) is 31.8 Å². The van der Waals surface area contributed by atoms with E-state index >= 15 is 0 Å². The Morgan fingerprint density at radius 1 is 1.43 bits per heavy atom. The van der Waals surface area contributed by atoms with Gasteiger partial charge in [-0.25, -0.2) is 0 Å². The Bertz CT molecular complexity index is 558.